The van der Waals surface area contributed by atoms with E-state index >= 15 is 0 Å². The summed E-state index contributed by atoms with van der Waals surface area (Å²) >= 11 is 0. The van der Waals surface area contributed by atoms with E-state index in [9.17, 15) is 4.79 Å². The van der Waals surface area contributed by atoms with E-state index in [4.69, 9.17) is 10.5 Å². The summed E-state index contributed by atoms with van der Waals surface area (Å²) in [5.41, 5.74) is 7.36. The molecule has 0 saturated carbocycles. The van der Waals surface area contributed by atoms with Crippen molar-refractivity contribution in [3.8, 4) is 11.4 Å². The molecule has 0 bridgehead atoms. The second-order valence-corrected chi connectivity index (χ2v) is 4.46. The standard InChI is InChI=1S/C15H19N3O2/c1-3-13(15(19)20-4-2)18-9-8-17-14(18)11-6-5-7-12(16)10-11/h5-10,13H,3-4,16H2,1-2H3. The van der Waals surface area contributed by atoms with Crippen LogP contribution in [0.1, 0.15) is 26.3 Å². The molecule has 1 unspecified atom stereocenters. The average Bonchev–Trinajstić information content (AvgIpc) is 2.89. The monoisotopic (exact) mass is 273 g/mol. The Kier molecular flexibility index (Phi) is 4.40. The Balaban J connectivity index is 2.39. The molecule has 1 atom stereocenters. The Morgan fingerprint density at radius 2 is 2.25 bits per heavy atom. The van der Waals surface area contributed by atoms with E-state index in [0.717, 1.165) is 11.4 Å². The SMILES string of the molecule is CCOC(=O)C(CC)n1ccnc1-c1cccc(N)c1. The molecule has 1 aromatic carbocycles. The summed E-state index contributed by atoms with van der Waals surface area (Å²) in [5.74, 6) is 0.482. The van der Waals surface area contributed by atoms with Crippen LogP contribution in [0.15, 0.2) is 36.7 Å². The summed E-state index contributed by atoms with van der Waals surface area (Å²) in [6, 6.07) is 7.09. The van der Waals surface area contributed by atoms with Crippen molar-refractivity contribution in [2.75, 3.05) is 12.3 Å². The summed E-state index contributed by atoms with van der Waals surface area (Å²) in [6.45, 7) is 4.12. The number of anilines is 1. The number of hydrogen-bond donors (Lipinski definition) is 1. The van der Waals surface area contributed by atoms with Crippen LogP contribution >= 0.6 is 0 Å². The van der Waals surface area contributed by atoms with E-state index in [2.05, 4.69) is 4.98 Å². The van der Waals surface area contributed by atoms with Crippen LogP contribution < -0.4 is 5.73 Å². The number of carbonyl (C=O) groups excluding carboxylic acids is 1. The quantitative estimate of drug-likeness (QED) is 0.671. The molecule has 20 heavy (non-hydrogen) atoms. The first-order valence-electron chi connectivity index (χ1n) is 6.72. The van der Waals surface area contributed by atoms with Crippen LogP contribution in [0.3, 0.4) is 0 Å². The van der Waals surface area contributed by atoms with Crippen LogP contribution in [0, 0.1) is 0 Å². The van der Waals surface area contributed by atoms with E-state index in [1.807, 2.05) is 35.8 Å². The molecule has 1 heterocycles. The van der Waals surface area contributed by atoms with Crippen LogP contribution in [-0.4, -0.2) is 22.1 Å². The minimum absolute atomic E-state index is 0.238. The molecule has 1 aromatic heterocycles. The van der Waals surface area contributed by atoms with Crippen LogP contribution in [0.25, 0.3) is 11.4 Å². The Morgan fingerprint density at radius 3 is 2.90 bits per heavy atom. The maximum absolute atomic E-state index is 12.0. The second kappa shape index (κ2) is 6.23. The topological polar surface area (TPSA) is 70.1 Å². The van der Waals surface area contributed by atoms with Gasteiger partial charge in [0, 0.05) is 23.6 Å². The smallest absolute Gasteiger partial charge is 0.329 e. The fraction of sp³-hybridized carbons (Fsp3) is 0.333. The maximum atomic E-state index is 12.0. The highest BCUT2D eigenvalue weighted by molar-refractivity contribution is 5.75. The second-order valence-electron chi connectivity index (χ2n) is 4.46. The minimum Gasteiger partial charge on any atom is -0.464 e. The molecule has 2 N–H and O–H groups in total. The van der Waals surface area contributed by atoms with Gasteiger partial charge in [-0.15, -0.1) is 0 Å². The van der Waals surface area contributed by atoms with Crippen LogP contribution in [0.4, 0.5) is 5.69 Å². The molecule has 0 aliphatic heterocycles. The first-order valence-corrected chi connectivity index (χ1v) is 6.72. The number of esters is 1. The van der Waals surface area contributed by atoms with Gasteiger partial charge in [0.05, 0.1) is 6.61 Å². The van der Waals surface area contributed by atoms with E-state index < -0.39 is 0 Å². The van der Waals surface area contributed by atoms with Gasteiger partial charge in [-0.1, -0.05) is 19.1 Å². The molecule has 5 nitrogen and oxygen atoms in total. The summed E-state index contributed by atoms with van der Waals surface area (Å²) in [4.78, 5) is 16.4. The van der Waals surface area contributed by atoms with Crippen LogP contribution in [0.2, 0.25) is 0 Å². The van der Waals surface area contributed by atoms with Crippen molar-refractivity contribution < 1.29 is 9.53 Å². The summed E-state index contributed by atoms with van der Waals surface area (Å²) < 4.78 is 6.96. The van der Waals surface area contributed by atoms with Crippen molar-refractivity contribution in [3.05, 3.63) is 36.7 Å². The third-order valence-corrected chi connectivity index (χ3v) is 3.09. The Hall–Kier alpha value is -2.30. The van der Waals surface area contributed by atoms with Crippen molar-refractivity contribution in [2.24, 2.45) is 0 Å². The highest BCUT2D eigenvalue weighted by atomic mass is 16.5. The number of nitrogen functional groups attached to an aromatic ring is 1. The number of nitrogens with zero attached hydrogens (tertiary/aromatic N) is 2. The molecule has 0 aliphatic carbocycles. The molecule has 0 radical (unpaired) electrons. The van der Waals surface area contributed by atoms with Gasteiger partial charge < -0.3 is 15.0 Å². The number of rotatable bonds is 5. The number of aromatic nitrogens is 2. The predicted molar refractivity (Wildman–Crippen MR) is 78.0 cm³/mol. The Labute approximate surface area is 118 Å². The first-order chi connectivity index (χ1) is 9.67. The summed E-state index contributed by atoms with van der Waals surface area (Å²) in [7, 11) is 0. The number of ether oxygens (including phenoxy) is 1. The van der Waals surface area contributed by atoms with Crippen molar-refractivity contribution in [1.82, 2.24) is 9.55 Å². The molecule has 0 saturated heterocycles. The van der Waals surface area contributed by atoms with Crippen molar-refractivity contribution in [1.29, 1.82) is 0 Å². The summed E-state index contributed by atoms with van der Waals surface area (Å²) in [5, 5.41) is 0. The van der Waals surface area contributed by atoms with E-state index in [1.54, 1.807) is 19.3 Å². The normalized spacial score (nSPS) is 12.1. The van der Waals surface area contributed by atoms with Gasteiger partial charge in [0.15, 0.2) is 0 Å². The van der Waals surface area contributed by atoms with Gasteiger partial charge in [0.1, 0.15) is 11.9 Å². The fourth-order valence-electron chi connectivity index (χ4n) is 2.18. The number of benzene rings is 1. The zero-order chi connectivity index (χ0) is 14.5. The lowest BCUT2D eigenvalue weighted by molar-refractivity contribution is -0.147. The molecule has 2 aromatic rings. The Morgan fingerprint density at radius 1 is 1.45 bits per heavy atom. The molecule has 2 rings (SSSR count). The van der Waals surface area contributed by atoms with Gasteiger partial charge in [0.25, 0.3) is 0 Å². The number of imidazole rings is 1. The van der Waals surface area contributed by atoms with E-state index in [1.165, 1.54) is 0 Å². The van der Waals surface area contributed by atoms with Crippen molar-refractivity contribution in [2.45, 2.75) is 26.3 Å². The molecule has 106 valence electrons. The number of carbonyl (C=O) groups is 1. The predicted octanol–water partition coefficient (Wildman–Crippen LogP) is 2.65. The van der Waals surface area contributed by atoms with Gasteiger partial charge in [-0.2, -0.15) is 0 Å². The molecular formula is C15H19N3O2. The molecular weight excluding hydrogens is 254 g/mol. The third kappa shape index (κ3) is 2.82. The van der Waals surface area contributed by atoms with Crippen molar-refractivity contribution >= 4 is 11.7 Å². The van der Waals surface area contributed by atoms with Crippen LogP contribution in [0.5, 0.6) is 0 Å². The highest BCUT2D eigenvalue weighted by Crippen LogP contribution is 2.25. The fourth-order valence-corrected chi connectivity index (χ4v) is 2.18. The largest absolute Gasteiger partial charge is 0.464 e. The zero-order valence-corrected chi connectivity index (χ0v) is 11.7. The molecule has 0 spiro atoms. The lowest BCUT2D eigenvalue weighted by Crippen LogP contribution is -2.21. The summed E-state index contributed by atoms with van der Waals surface area (Å²) in [6.07, 6.45) is 4.12. The van der Waals surface area contributed by atoms with Crippen molar-refractivity contribution in [3.63, 3.8) is 0 Å². The lowest BCUT2D eigenvalue weighted by Gasteiger charge is -2.17. The first kappa shape index (κ1) is 14.1. The number of hydrogen-bond acceptors (Lipinski definition) is 4. The zero-order valence-electron chi connectivity index (χ0n) is 11.7. The van der Waals surface area contributed by atoms with Crippen LogP contribution in [-0.2, 0) is 9.53 Å². The lowest BCUT2D eigenvalue weighted by atomic mass is 10.1. The average molecular weight is 273 g/mol. The Bertz CT molecular complexity index is 592. The van der Waals surface area contributed by atoms with E-state index in [0.29, 0.717) is 18.7 Å². The third-order valence-electron chi connectivity index (χ3n) is 3.09. The highest BCUT2D eigenvalue weighted by Gasteiger charge is 2.22. The molecule has 0 aliphatic rings. The van der Waals surface area contributed by atoms with Gasteiger partial charge >= 0.3 is 5.97 Å². The van der Waals surface area contributed by atoms with Gasteiger partial charge in [-0.25, -0.2) is 9.78 Å². The molecule has 0 amide bonds. The van der Waals surface area contributed by atoms with Gasteiger partial charge in [-0.05, 0) is 25.5 Å². The van der Waals surface area contributed by atoms with Gasteiger partial charge in [-0.3, -0.25) is 0 Å². The number of nitrogens with two attached hydrogens (primary N) is 1. The van der Waals surface area contributed by atoms with Gasteiger partial charge in [0.2, 0.25) is 0 Å². The molecule has 5 heteroatoms. The maximum Gasteiger partial charge on any atom is 0.329 e. The minimum atomic E-state index is -0.367. The van der Waals surface area contributed by atoms with E-state index in [-0.39, 0.29) is 12.0 Å². The molecule has 0 fully saturated rings.